The Balaban J connectivity index is 1.36. The number of allylic oxidation sites excluding steroid dienone is 4. The zero-order valence-electron chi connectivity index (χ0n) is 31.9. The van der Waals surface area contributed by atoms with Crippen LogP contribution in [-0.4, -0.2) is 26.2 Å². The van der Waals surface area contributed by atoms with E-state index in [4.69, 9.17) is 9.47 Å². The van der Waals surface area contributed by atoms with Crippen molar-refractivity contribution in [3.8, 4) is 44.5 Å². The monoisotopic (exact) mass is 743 g/mol. The molecule has 0 saturated carbocycles. The molecule has 0 aliphatic heterocycles. The minimum absolute atomic E-state index is 0.251. The van der Waals surface area contributed by atoms with E-state index in [9.17, 15) is 9.59 Å². The molecule has 57 heavy (non-hydrogen) atoms. The Bertz CT molecular complexity index is 2570. The molecule has 0 spiro atoms. The van der Waals surface area contributed by atoms with Crippen LogP contribution in [0.1, 0.15) is 26.3 Å². The number of methoxy groups -OCH3 is 2. The molecular formula is C52H41NO4. The second-order valence-corrected chi connectivity index (χ2v) is 13.2. The molecule has 0 amide bonds. The van der Waals surface area contributed by atoms with Crippen LogP contribution in [0.4, 0.5) is 17.1 Å². The van der Waals surface area contributed by atoms with E-state index in [1.165, 1.54) is 14.2 Å². The Labute approximate surface area is 334 Å². The molecule has 7 aromatic rings. The molecule has 278 valence electrons. The number of nitrogens with zero attached hydrogens (tertiary/aromatic N) is 1. The Morgan fingerprint density at radius 2 is 0.912 bits per heavy atom. The fourth-order valence-electron chi connectivity index (χ4n) is 7.09. The number of hydrogen-bond acceptors (Lipinski definition) is 5. The predicted molar refractivity (Wildman–Crippen MR) is 234 cm³/mol. The third kappa shape index (κ3) is 8.00. The van der Waals surface area contributed by atoms with Crippen molar-refractivity contribution in [2.24, 2.45) is 0 Å². The van der Waals surface area contributed by atoms with Crippen LogP contribution in [-0.2, 0) is 9.47 Å². The van der Waals surface area contributed by atoms with Gasteiger partial charge in [0.1, 0.15) is 0 Å². The largest absolute Gasteiger partial charge is 0.465 e. The fourth-order valence-corrected chi connectivity index (χ4v) is 7.09. The van der Waals surface area contributed by atoms with Gasteiger partial charge >= 0.3 is 11.9 Å². The number of ether oxygens (including phenoxy) is 2. The van der Waals surface area contributed by atoms with Gasteiger partial charge in [0.2, 0.25) is 0 Å². The molecule has 5 nitrogen and oxygen atoms in total. The number of hydrogen-bond donors (Lipinski definition) is 0. The van der Waals surface area contributed by atoms with E-state index in [0.29, 0.717) is 11.1 Å². The summed E-state index contributed by atoms with van der Waals surface area (Å²) >= 11 is 0. The summed E-state index contributed by atoms with van der Waals surface area (Å²) in [5.74, 6) is -1.12. The van der Waals surface area contributed by atoms with Gasteiger partial charge in [-0.05, 0) is 104 Å². The van der Waals surface area contributed by atoms with Gasteiger partial charge in [-0.1, -0.05) is 153 Å². The van der Waals surface area contributed by atoms with Crippen LogP contribution in [0, 0.1) is 0 Å². The van der Waals surface area contributed by atoms with E-state index in [1.807, 2.05) is 115 Å². The number of carbonyl (C=O) groups is 2. The first kappa shape index (κ1) is 37.8. The Hall–Kier alpha value is -7.50. The Morgan fingerprint density at radius 3 is 1.44 bits per heavy atom. The molecule has 0 aliphatic carbocycles. The molecule has 0 atom stereocenters. The lowest BCUT2D eigenvalue weighted by atomic mass is 9.87. The molecule has 0 aliphatic rings. The lowest BCUT2D eigenvalue weighted by Crippen LogP contribution is -2.11. The highest BCUT2D eigenvalue weighted by molar-refractivity contribution is 6.06. The van der Waals surface area contributed by atoms with E-state index in [1.54, 1.807) is 12.1 Å². The number of carbonyl (C=O) groups excluding carboxylic acids is 2. The zero-order chi connectivity index (χ0) is 39.7. The van der Waals surface area contributed by atoms with Crippen molar-refractivity contribution >= 4 is 34.6 Å². The molecule has 0 unspecified atom stereocenters. The number of esters is 2. The lowest BCUT2D eigenvalue weighted by Gasteiger charge is -2.26. The maximum atomic E-state index is 13.4. The molecule has 0 heterocycles. The van der Waals surface area contributed by atoms with E-state index in [2.05, 4.69) is 78.7 Å². The van der Waals surface area contributed by atoms with E-state index in [-0.39, 0.29) is 11.1 Å². The summed E-state index contributed by atoms with van der Waals surface area (Å²) in [6.07, 6.45) is 5.51. The smallest absolute Gasteiger partial charge is 0.338 e. The van der Waals surface area contributed by atoms with Gasteiger partial charge in [-0.15, -0.1) is 0 Å². The molecule has 0 saturated heterocycles. The minimum atomic E-state index is -0.563. The summed E-state index contributed by atoms with van der Waals surface area (Å²) in [5, 5.41) is 0. The van der Waals surface area contributed by atoms with Crippen molar-refractivity contribution in [3.05, 3.63) is 218 Å². The van der Waals surface area contributed by atoms with Crippen molar-refractivity contribution < 1.29 is 19.1 Å². The van der Waals surface area contributed by atoms with Gasteiger partial charge < -0.3 is 14.4 Å². The minimum Gasteiger partial charge on any atom is -0.465 e. The normalized spacial score (nSPS) is 11.0. The Morgan fingerprint density at radius 1 is 0.474 bits per heavy atom. The fraction of sp³-hybridized carbons (Fsp3) is 0.0385. The van der Waals surface area contributed by atoms with Crippen LogP contribution in [0.2, 0.25) is 0 Å². The zero-order valence-corrected chi connectivity index (χ0v) is 31.9. The molecule has 7 aromatic carbocycles. The summed E-state index contributed by atoms with van der Waals surface area (Å²) in [4.78, 5) is 29.0. The van der Waals surface area contributed by atoms with Crippen LogP contribution in [0.25, 0.3) is 50.1 Å². The molecule has 0 fully saturated rings. The van der Waals surface area contributed by atoms with Crippen LogP contribution in [0.3, 0.4) is 0 Å². The number of anilines is 3. The number of benzene rings is 7. The van der Waals surface area contributed by atoms with Crippen molar-refractivity contribution in [1.29, 1.82) is 0 Å². The molecule has 7 rings (SSSR count). The molecular weight excluding hydrogens is 703 g/mol. The SMILES string of the molecule is C=C/C=C(\C=C)c1ccc(N(c2ccc(-c3ccccc3)cc2)c2ccc(-c3cc(-c4ccccc4-c4ccccc4)c(C(=O)OC)cc3C(=O)OC)cc2)cc1. The van der Waals surface area contributed by atoms with Crippen molar-refractivity contribution in [1.82, 2.24) is 0 Å². The van der Waals surface area contributed by atoms with E-state index < -0.39 is 11.9 Å². The lowest BCUT2D eigenvalue weighted by molar-refractivity contribution is 0.0600. The first-order chi connectivity index (χ1) is 27.9. The van der Waals surface area contributed by atoms with Crippen molar-refractivity contribution in [2.45, 2.75) is 0 Å². The summed E-state index contributed by atoms with van der Waals surface area (Å²) in [6, 6.07) is 56.5. The topological polar surface area (TPSA) is 55.8 Å². The summed E-state index contributed by atoms with van der Waals surface area (Å²) in [5.41, 5.74) is 12.4. The van der Waals surface area contributed by atoms with Crippen molar-refractivity contribution in [3.63, 3.8) is 0 Å². The molecule has 0 bridgehead atoms. The van der Waals surface area contributed by atoms with Gasteiger partial charge in [0.05, 0.1) is 25.3 Å². The Kier molecular flexibility index (Phi) is 11.5. The first-order valence-corrected chi connectivity index (χ1v) is 18.5. The summed E-state index contributed by atoms with van der Waals surface area (Å²) in [7, 11) is 2.67. The van der Waals surface area contributed by atoms with E-state index >= 15 is 0 Å². The van der Waals surface area contributed by atoms with Gasteiger partial charge in [-0.2, -0.15) is 0 Å². The van der Waals surface area contributed by atoms with Crippen LogP contribution in [0.5, 0.6) is 0 Å². The predicted octanol–water partition coefficient (Wildman–Crippen LogP) is 13.2. The summed E-state index contributed by atoms with van der Waals surface area (Å²) in [6.45, 7) is 7.83. The quantitative estimate of drug-likeness (QED) is 0.0921. The average molecular weight is 744 g/mol. The standard InChI is InChI=1S/C52H41NO4/c1-5-15-36(6-2)38-22-28-42(29-23-38)53(43-30-24-39(25-31-43)37-16-9-7-10-17-37)44-32-26-41(27-33-44)47-34-48(50(52(55)57-4)35-49(47)51(54)56-3)46-21-14-13-20-45(46)40-18-11-8-12-19-40/h5-35H,1-2H2,3-4H3/b36-15+. The van der Waals surface area contributed by atoms with Crippen LogP contribution < -0.4 is 4.90 Å². The summed E-state index contributed by atoms with van der Waals surface area (Å²) < 4.78 is 10.5. The highest BCUT2D eigenvalue weighted by atomic mass is 16.5. The second-order valence-electron chi connectivity index (χ2n) is 13.2. The second kappa shape index (κ2) is 17.3. The molecule has 5 heteroatoms. The molecule has 0 radical (unpaired) electrons. The van der Waals surface area contributed by atoms with Gasteiger partial charge in [0.25, 0.3) is 0 Å². The maximum Gasteiger partial charge on any atom is 0.338 e. The highest BCUT2D eigenvalue weighted by Crippen LogP contribution is 2.41. The van der Waals surface area contributed by atoms with Crippen molar-refractivity contribution in [2.75, 3.05) is 19.1 Å². The maximum absolute atomic E-state index is 13.4. The number of rotatable bonds is 12. The first-order valence-electron chi connectivity index (χ1n) is 18.5. The highest BCUT2D eigenvalue weighted by Gasteiger charge is 2.24. The molecule has 0 N–H and O–H groups in total. The van der Waals surface area contributed by atoms with Crippen LogP contribution >= 0.6 is 0 Å². The third-order valence-electron chi connectivity index (χ3n) is 9.92. The van der Waals surface area contributed by atoms with Gasteiger partial charge in [0, 0.05) is 17.1 Å². The van der Waals surface area contributed by atoms with Gasteiger partial charge in [0.15, 0.2) is 0 Å². The third-order valence-corrected chi connectivity index (χ3v) is 9.92. The molecule has 0 aromatic heterocycles. The average Bonchev–Trinajstić information content (AvgIpc) is 3.28. The van der Waals surface area contributed by atoms with Crippen LogP contribution in [0.15, 0.2) is 201 Å². The van der Waals surface area contributed by atoms with Gasteiger partial charge in [-0.25, -0.2) is 9.59 Å². The van der Waals surface area contributed by atoms with Gasteiger partial charge in [-0.3, -0.25) is 0 Å². The van der Waals surface area contributed by atoms with E-state index in [0.717, 1.165) is 61.6 Å².